The van der Waals surface area contributed by atoms with Crippen molar-refractivity contribution in [2.45, 2.75) is 39.2 Å². The van der Waals surface area contributed by atoms with Gasteiger partial charge in [-0.25, -0.2) is 9.37 Å². The molecule has 40 heavy (non-hydrogen) atoms. The van der Waals surface area contributed by atoms with E-state index in [1.54, 1.807) is 32.3 Å². The van der Waals surface area contributed by atoms with E-state index in [2.05, 4.69) is 37.8 Å². The Morgan fingerprint density at radius 3 is 2.70 bits per heavy atom. The number of methoxy groups -OCH3 is 1. The Bertz CT molecular complexity index is 1220. The predicted molar refractivity (Wildman–Crippen MR) is 156 cm³/mol. The second kappa shape index (κ2) is 16.7. The summed E-state index contributed by atoms with van der Waals surface area (Å²) in [7, 11) is 6.85. The number of nitrogens with zero attached hydrogens (tertiary/aromatic N) is 4. The molecule has 10 nitrogen and oxygen atoms in total. The molecule has 0 aliphatic heterocycles. The van der Waals surface area contributed by atoms with E-state index in [9.17, 15) is 14.0 Å². The number of carbonyl (C=O) groups excluding carboxylic acids is 2. The Morgan fingerprint density at radius 1 is 1.23 bits per heavy atom. The maximum absolute atomic E-state index is 13.7. The molecule has 0 aliphatic carbocycles. The summed E-state index contributed by atoms with van der Waals surface area (Å²) in [6.07, 6.45) is 6.98. The zero-order valence-electron chi connectivity index (χ0n) is 24.2. The number of anilines is 3. The highest BCUT2D eigenvalue weighted by atomic mass is 19.1. The molecule has 0 saturated heterocycles. The summed E-state index contributed by atoms with van der Waals surface area (Å²) in [6.45, 7) is 5.55. The lowest BCUT2D eigenvalue weighted by molar-refractivity contribution is -0.135. The maximum Gasteiger partial charge on any atom is 0.246 e. The van der Waals surface area contributed by atoms with Gasteiger partial charge < -0.3 is 30.5 Å². The van der Waals surface area contributed by atoms with Gasteiger partial charge in [0.2, 0.25) is 17.8 Å². The highest BCUT2D eigenvalue weighted by Gasteiger charge is 2.20. The van der Waals surface area contributed by atoms with Crippen molar-refractivity contribution in [3.05, 3.63) is 47.9 Å². The van der Waals surface area contributed by atoms with Gasteiger partial charge in [-0.2, -0.15) is 4.98 Å². The first kappa shape index (κ1) is 32.0. The molecule has 0 aliphatic rings. The molecule has 0 fully saturated rings. The van der Waals surface area contributed by atoms with Gasteiger partial charge in [0.1, 0.15) is 11.9 Å². The highest BCUT2D eigenvalue weighted by molar-refractivity contribution is 5.92. The Balaban J connectivity index is 1.91. The Labute approximate surface area is 236 Å². The van der Waals surface area contributed by atoms with E-state index < -0.39 is 11.9 Å². The average molecular weight is 554 g/mol. The molecule has 2 aromatic rings. The summed E-state index contributed by atoms with van der Waals surface area (Å²) >= 11 is 0. The number of rotatable bonds is 14. The molecule has 1 heterocycles. The molecule has 11 heteroatoms. The second-order valence-electron chi connectivity index (χ2n) is 9.34. The molecule has 2 rings (SSSR count). The van der Waals surface area contributed by atoms with Crippen LogP contribution in [0.5, 0.6) is 5.75 Å². The van der Waals surface area contributed by atoms with Crippen molar-refractivity contribution in [2.24, 2.45) is 0 Å². The molecule has 0 saturated carbocycles. The number of nitrogens with one attached hydrogen (secondary N) is 3. The van der Waals surface area contributed by atoms with Crippen LogP contribution in [0.4, 0.5) is 21.8 Å². The lowest BCUT2D eigenvalue weighted by Gasteiger charge is -2.23. The van der Waals surface area contributed by atoms with Gasteiger partial charge in [0.05, 0.1) is 18.9 Å². The quantitative estimate of drug-likeness (QED) is 0.185. The van der Waals surface area contributed by atoms with Crippen LogP contribution < -0.4 is 20.7 Å². The van der Waals surface area contributed by atoms with Crippen LogP contribution in [0.1, 0.15) is 38.7 Å². The highest BCUT2D eigenvalue weighted by Crippen LogP contribution is 2.24. The van der Waals surface area contributed by atoms with Gasteiger partial charge in [0, 0.05) is 50.9 Å². The molecular formula is C29H40FN7O3. The van der Waals surface area contributed by atoms with Gasteiger partial charge in [-0.1, -0.05) is 24.8 Å². The van der Waals surface area contributed by atoms with Gasteiger partial charge >= 0.3 is 0 Å². The normalized spacial score (nSPS) is 11.5. The van der Waals surface area contributed by atoms with Crippen LogP contribution in [0, 0.1) is 17.7 Å². The fourth-order valence-corrected chi connectivity index (χ4v) is 3.32. The van der Waals surface area contributed by atoms with Crippen molar-refractivity contribution in [1.82, 2.24) is 25.1 Å². The lowest BCUT2D eigenvalue weighted by atomic mass is 10.2. The minimum Gasteiger partial charge on any atom is -0.494 e. The third kappa shape index (κ3) is 10.5. The average Bonchev–Trinajstić information content (AvgIpc) is 2.94. The van der Waals surface area contributed by atoms with Crippen LogP contribution in [-0.2, 0) is 9.59 Å². The first-order chi connectivity index (χ1) is 19.2. The number of amides is 2. The summed E-state index contributed by atoms with van der Waals surface area (Å²) in [4.78, 5) is 36.9. The van der Waals surface area contributed by atoms with Crippen LogP contribution in [0.15, 0.2) is 36.5 Å². The summed E-state index contributed by atoms with van der Waals surface area (Å²) in [5.74, 6) is 6.37. The molecule has 3 N–H and O–H groups in total. The second-order valence-corrected chi connectivity index (χ2v) is 9.34. The van der Waals surface area contributed by atoms with Crippen molar-refractivity contribution >= 4 is 29.3 Å². The van der Waals surface area contributed by atoms with E-state index in [1.807, 2.05) is 25.9 Å². The van der Waals surface area contributed by atoms with Crippen molar-refractivity contribution in [2.75, 3.05) is 58.5 Å². The van der Waals surface area contributed by atoms with Gasteiger partial charge in [-0.05, 0) is 46.0 Å². The predicted octanol–water partition coefficient (Wildman–Crippen LogP) is 3.40. The van der Waals surface area contributed by atoms with Crippen molar-refractivity contribution < 1.29 is 18.7 Å². The number of benzene rings is 1. The summed E-state index contributed by atoms with van der Waals surface area (Å²) in [5.41, 5.74) is 1.24. The Kier molecular flexibility index (Phi) is 13.4. The van der Waals surface area contributed by atoms with Crippen LogP contribution in [0.2, 0.25) is 0 Å². The van der Waals surface area contributed by atoms with E-state index in [0.717, 1.165) is 6.42 Å². The molecule has 0 radical (unpaired) electrons. The van der Waals surface area contributed by atoms with Gasteiger partial charge in [-0.15, -0.1) is 0 Å². The van der Waals surface area contributed by atoms with Gasteiger partial charge in [0.15, 0.2) is 11.6 Å². The molecule has 1 aromatic heterocycles. The van der Waals surface area contributed by atoms with E-state index in [4.69, 9.17) is 4.74 Å². The zero-order valence-corrected chi connectivity index (χ0v) is 24.2. The topological polar surface area (TPSA) is 112 Å². The lowest BCUT2D eigenvalue weighted by Crippen LogP contribution is -2.45. The van der Waals surface area contributed by atoms with Gasteiger partial charge in [-0.3, -0.25) is 9.59 Å². The third-order valence-electron chi connectivity index (χ3n) is 5.78. The third-order valence-corrected chi connectivity index (χ3v) is 5.78. The van der Waals surface area contributed by atoms with Gasteiger partial charge in [0.25, 0.3) is 0 Å². The fourth-order valence-electron chi connectivity index (χ4n) is 3.32. The van der Waals surface area contributed by atoms with E-state index in [1.165, 1.54) is 30.2 Å². The van der Waals surface area contributed by atoms with Crippen LogP contribution >= 0.6 is 0 Å². The maximum atomic E-state index is 13.7. The zero-order chi connectivity index (χ0) is 29.5. The number of aromatic nitrogens is 2. The van der Waals surface area contributed by atoms with E-state index >= 15 is 0 Å². The van der Waals surface area contributed by atoms with Crippen LogP contribution in [-0.4, -0.2) is 85.5 Å². The van der Waals surface area contributed by atoms with Crippen molar-refractivity contribution in [3.8, 4) is 17.6 Å². The fraction of sp³-hybridized carbons (Fsp3) is 0.448. The SMILES string of the molecule is CCCNc1nc(Nc2ccc(F)c(OC)c2)ncc1C#CCCCNC(=O)[C@H](C)N(C)C(=O)C=CCN(C)C. The number of hydrogen-bond acceptors (Lipinski definition) is 8. The van der Waals surface area contributed by atoms with Crippen LogP contribution in [0.3, 0.4) is 0 Å². The summed E-state index contributed by atoms with van der Waals surface area (Å²) < 4.78 is 18.7. The first-order valence-corrected chi connectivity index (χ1v) is 13.2. The smallest absolute Gasteiger partial charge is 0.246 e. The summed E-state index contributed by atoms with van der Waals surface area (Å²) in [5, 5.41) is 9.18. The van der Waals surface area contributed by atoms with Crippen LogP contribution in [0.25, 0.3) is 0 Å². The number of ether oxygens (including phenoxy) is 1. The van der Waals surface area contributed by atoms with E-state index in [0.29, 0.717) is 55.5 Å². The van der Waals surface area contributed by atoms with E-state index in [-0.39, 0.29) is 17.6 Å². The molecule has 0 unspecified atom stereocenters. The minimum atomic E-state index is -0.588. The van der Waals surface area contributed by atoms with Crippen molar-refractivity contribution in [3.63, 3.8) is 0 Å². The standard InChI is InChI=1S/C29H40FN7O3/c1-7-16-31-27-22(20-33-29(35-27)34-23-14-15-24(30)25(19-23)40-6)12-9-8-10-17-32-28(39)21(2)37(5)26(38)13-11-18-36(3)4/h11,13-15,19-21H,7-8,10,16-18H2,1-6H3,(H,32,39)(H2,31,33,34,35)/t21-/m0/s1. The Morgan fingerprint density at radius 2 is 2.00 bits per heavy atom. The Hall–Kier alpha value is -4.17. The number of unbranched alkanes of at least 4 members (excludes halogenated alkanes) is 1. The number of carbonyl (C=O) groups is 2. The molecule has 1 atom stereocenters. The summed E-state index contributed by atoms with van der Waals surface area (Å²) in [6, 6.07) is 3.83. The molecule has 0 bridgehead atoms. The molecule has 2 amide bonds. The minimum absolute atomic E-state index is 0.121. The first-order valence-electron chi connectivity index (χ1n) is 13.2. The molecule has 0 spiro atoms. The number of halogens is 1. The molecular weight excluding hydrogens is 513 g/mol. The number of likely N-dealkylation sites (N-methyl/N-ethyl adjacent to an activating group) is 2. The monoisotopic (exact) mass is 553 g/mol. The molecule has 1 aromatic carbocycles. The van der Waals surface area contributed by atoms with Crippen molar-refractivity contribution in [1.29, 1.82) is 0 Å². The number of hydrogen-bond donors (Lipinski definition) is 3. The largest absolute Gasteiger partial charge is 0.494 e. The molecule has 216 valence electrons.